The summed E-state index contributed by atoms with van der Waals surface area (Å²) in [5, 5.41) is 8.61. The van der Waals surface area contributed by atoms with Crippen molar-refractivity contribution >= 4 is 5.78 Å². The van der Waals surface area contributed by atoms with Gasteiger partial charge in [-0.25, -0.2) is 0 Å². The molecule has 14 heavy (non-hydrogen) atoms. The Labute approximate surface area is 77.2 Å². The number of carbonyl (C=O) groups is 1. The van der Waals surface area contributed by atoms with Crippen molar-refractivity contribution in [3.8, 4) is 0 Å². The van der Waals surface area contributed by atoms with E-state index in [1.54, 1.807) is 0 Å². The summed E-state index contributed by atoms with van der Waals surface area (Å²) in [5.41, 5.74) is -0.266. The molecule has 3 nitrogen and oxygen atoms in total. The minimum atomic E-state index is -4.94. The van der Waals surface area contributed by atoms with E-state index in [4.69, 9.17) is 5.11 Å². The summed E-state index contributed by atoms with van der Waals surface area (Å²) in [6, 6.07) is 2.47. The van der Waals surface area contributed by atoms with Gasteiger partial charge in [0.15, 0.2) is 0 Å². The van der Waals surface area contributed by atoms with E-state index in [0.717, 1.165) is 12.3 Å². The van der Waals surface area contributed by atoms with Gasteiger partial charge < -0.3 is 5.11 Å². The van der Waals surface area contributed by atoms with Crippen molar-refractivity contribution in [2.45, 2.75) is 12.3 Å². The molecule has 1 heterocycles. The number of carbonyl (C=O) groups excluding carboxylic acids is 1. The van der Waals surface area contributed by atoms with Crippen LogP contribution < -0.4 is 0 Å². The van der Waals surface area contributed by atoms with Crippen molar-refractivity contribution in [2.24, 2.45) is 0 Å². The molecule has 1 rings (SSSR count). The molecular weight excluding hydrogens is 199 g/mol. The van der Waals surface area contributed by atoms with Gasteiger partial charge in [0.1, 0.15) is 0 Å². The van der Waals surface area contributed by atoms with Crippen molar-refractivity contribution in [1.29, 1.82) is 0 Å². The molecule has 0 bridgehead atoms. The summed E-state index contributed by atoms with van der Waals surface area (Å²) in [6.07, 6.45) is -5.63. The molecule has 0 amide bonds. The molecule has 1 unspecified atom stereocenters. The number of aliphatic hydroxyl groups excluding tert-OH is 1. The molecule has 0 spiro atoms. The number of rotatable bonds is 2. The zero-order valence-electron chi connectivity index (χ0n) is 6.82. The number of aromatic nitrogens is 1. The van der Waals surface area contributed by atoms with E-state index in [9.17, 15) is 18.0 Å². The van der Waals surface area contributed by atoms with E-state index in [1.807, 2.05) is 0 Å². The molecule has 0 radical (unpaired) electrons. The molecule has 1 aromatic rings. The van der Waals surface area contributed by atoms with Gasteiger partial charge in [0.2, 0.25) is 11.9 Å². The number of ketones is 1. The van der Waals surface area contributed by atoms with E-state index in [2.05, 4.69) is 4.98 Å². The average Bonchev–Trinajstić information content (AvgIpc) is 2.15. The molecule has 0 saturated heterocycles. The normalized spacial score (nSPS) is 13.7. The summed E-state index contributed by atoms with van der Waals surface area (Å²) in [6.45, 7) is 0. The predicted octanol–water partition coefficient (Wildman–Crippen LogP) is 1.19. The van der Waals surface area contributed by atoms with E-state index in [-0.39, 0.29) is 5.56 Å². The molecule has 0 fully saturated rings. The third-order valence-corrected chi connectivity index (χ3v) is 1.50. The Hall–Kier alpha value is -1.43. The Morgan fingerprint density at radius 2 is 2.14 bits per heavy atom. The van der Waals surface area contributed by atoms with Crippen LogP contribution in [0, 0.1) is 0 Å². The minimum absolute atomic E-state index is 0.266. The van der Waals surface area contributed by atoms with Crippen LogP contribution in [-0.4, -0.2) is 28.2 Å². The smallest absolute Gasteiger partial charge is 0.377 e. The van der Waals surface area contributed by atoms with E-state index >= 15 is 0 Å². The average molecular weight is 205 g/mol. The van der Waals surface area contributed by atoms with Gasteiger partial charge in [0, 0.05) is 18.0 Å². The Morgan fingerprint density at radius 1 is 1.50 bits per heavy atom. The van der Waals surface area contributed by atoms with Gasteiger partial charge in [-0.3, -0.25) is 9.78 Å². The molecular formula is C8H6F3NO2. The van der Waals surface area contributed by atoms with Gasteiger partial charge in [-0.2, -0.15) is 13.2 Å². The summed E-state index contributed by atoms with van der Waals surface area (Å²) >= 11 is 0. The van der Waals surface area contributed by atoms with Crippen LogP contribution in [0.4, 0.5) is 13.2 Å². The monoisotopic (exact) mass is 205 g/mol. The van der Waals surface area contributed by atoms with Crippen molar-refractivity contribution < 1.29 is 23.1 Å². The number of alkyl halides is 3. The number of Topliss-reactive ketones (excluding diaryl/α,β-unsaturated/α-hetero) is 1. The lowest BCUT2D eigenvalue weighted by Crippen LogP contribution is -2.36. The lowest BCUT2D eigenvalue weighted by atomic mass is 10.1. The Morgan fingerprint density at radius 3 is 2.57 bits per heavy atom. The van der Waals surface area contributed by atoms with Crippen LogP contribution >= 0.6 is 0 Å². The number of hydrogen-bond acceptors (Lipinski definition) is 3. The zero-order valence-corrected chi connectivity index (χ0v) is 6.82. The molecule has 0 aliphatic rings. The van der Waals surface area contributed by atoms with Crippen LogP contribution in [0.1, 0.15) is 10.4 Å². The second-order valence-electron chi connectivity index (χ2n) is 2.55. The molecule has 6 heteroatoms. The maximum Gasteiger partial charge on any atom is 0.421 e. The highest BCUT2D eigenvalue weighted by Gasteiger charge is 2.43. The maximum atomic E-state index is 11.9. The number of nitrogens with zero attached hydrogens (tertiary/aromatic N) is 1. The standard InChI is InChI=1S/C8H6F3NO2/c9-8(10,11)7(14)6(13)5-2-1-3-12-4-5/h1-4,7,14H. The van der Waals surface area contributed by atoms with Crippen LogP contribution in [-0.2, 0) is 0 Å². The van der Waals surface area contributed by atoms with Crippen LogP contribution in [0.5, 0.6) is 0 Å². The molecule has 1 aromatic heterocycles. The second-order valence-corrected chi connectivity index (χ2v) is 2.55. The zero-order chi connectivity index (χ0) is 10.8. The third-order valence-electron chi connectivity index (χ3n) is 1.50. The molecule has 76 valence electrons. The Bertz CT molecular complexity index is 323. The van der Waals surface area contributed by atoms with Crippen molar-refractivity contribution in [1.82, 2.24) is 4.98 Å². The Kier molecular flexibility index (Phi) is 2.85. The fraction of sp³-hybridized carbons (Fsp3) is 0.250. The van der Waals surface area contributed by atoms with Crippen LogP contribution in [0.3, 0.4) is 0 Å². The predicted molar refractivity (Wildman–Crippen MR) is 40.6 cm³/mol. The van der Waals surface area contributed by atoms with Gasteiger partial charge in [0.25, 0.3) is 0 Å². The SMILES string of the molecule is O=C(c1cccnc1)C(O)C(F)(F)F. The van der Waals surface area contributed by atoms with Gasteiger partial charge in [0.05, 0.1) is 0 Å². The summed E-state index contributed by atoms with van der Waals surface area (Å²) < 4.78 is 35.7. The van der Waals surface area contributed by atoms with Gasteiger partial charge in [-0.15, -0.1) is 0 Å². The Balaban J connectivity index is 2.87. The first kappa shape index (κ1) is 10.6. The first-order valence-electron chi connectivity index (χ1n) is 3.62. The highest BCUT2D eigenvalue weighted by molar-refractivity contribution is 5.99. The molecule has 0 aromatic carbocycles. The number of hydrogen-bond donors (Lipinski definition) is 1. The summed E-state index contributed by atoms with van der Waals surface area (Å²) in [7, 11) is 0. The second kappa shape index (κ2) is 3.75. The van der Waals surface area contributed by atoms with Gasteiger partial charge in [-0.05, 0) is 12.1 Å². The fourth-order valence-electron chi connectivity index (χ4n) is 0.815. The lowest BCUT2D eigenvalue weighted by molar-refractivity contribution is -0.186. The van der Waals surface area contributed by atoms with Crippen LogP contribution in [0.25, 0.3) is 0 Å². The van der Waals surface area contributed by atoms with Gasteiger partial charge in [-0.1, -0.05) is 0 Å². The molecule has 0 aliphatic carbocycles. The molecule has 1 atom stereocenters. The lowest BCUT2D eigenvalue weighted by Gasteiger charge is -2.12. The van der Waals surface area contributed by atoms with Crippen molar-refractivity contribution in [3.63, 3.8) is 0 Å². The molecule has 1 N–H and O–H groups in total. The maximum absolute atomic E-state index is 11.9. The molecule has 0 aliphatic heterocycles. The quantitative estimate of drug-likeness (QED) is 0.737. The highest BCUT2D eigenvalue weighted by atomic mass is 19.4. The topological polar surface area (TPSA) is 50.2 Å². The van der Waals surface area contributed by atoms with Crippen LogP contribution in [0.2, 0.25) is 0 Å². The van der Waals surface area contributed by atoms with E-state index < -0.39 is 18.1 Å². The van der Waals surface area contributed by atoms with Crippen molar-refractivity contribution in [3.05, 3.63) is 30.1 Å². The first-order chi connectivity index (χ1) is 6.43. The number of aliphatic hydroxyl groups is 1. The third kappa shape index (κ3) is 2.29. The van der Waals surface area contributed by atoms with Crippen molar-refractivity contribution in [2.75, 3.05) is 0 Å². The summed E-state index contributed by atoms with van der Waals surface area (Å²) in [4.78, 5) is 14.5. The minimum Gasteiger partial charge on any atom is -0.377 e. The first-order valence-corrected chi connectivity index (χ1v) is 3.62. The number of halogens is 3. The van der Waals surface area contributed by atoms with E-state index in [1.165, 1.54) is 12.3 Å². The fourth-order valence-corrected chi connectivity index (χ4v) is 0.815. The van der Waals surface area contributed by atoms with Crippen LogP contribution in [0.15, 0.2) is 24.5 Å². The summed E-state index contributed by atoms with van der Waals surface area (Å²) in [5.74, 6) is -1.40. The highest BCUT2D eigenvalue weighted by Crippen LogP contribution is 2.22. The van der Waals surface area contributed by atoms with E-state index in [0.29, 0.717) is 0 Å². The number of pyridine rings is 1. The van der Waals surface area contributed by atoms with Gasteiger partial charge >= 0.3 is 6.18 Å². The largest absolute Gasteiger partial charge is 0.421 e. The molecule has 0 saturated carbocycles.